The third kappa shape index (κ3) is 7.61. The van der Waals surface area contributed by atoms with Crippen LogP contribution in [0.2, 0.25) is 0 Å². The molecule has 0 aliphatic carbocycles. The van der Waals surface area contributed by atoms with E-state index in [0.29, 0.717) is 32.0 Å². The van der Waals surface area contributed by atoms with Gasteiger partial charge in [-0.05, 0) is 19.0 Å². The van der Waals surface area contributed by atoms with Crippen LogP contribution in [0.15, 0.2) is 35.3 Å². The Morgan fingerprint density at radius 3 is 2.69 bits per heavy atom. The molecule has 2 N–H and O–H groups in total. The van der Waals surface area contributed by atoms with Crippen molar-refractivity contribution in [3.8, 4) is 0 Å². The van der Waals surface area contributed by atoms with E-state index in [1.807, 2.05) is 18.2 Å². The summed E-state index contributed by atoms with van der Waals surface area (Å²) in [6.45, 7) is 2.40. The van der Waals surface area contributed by atoms with Crippen molar-refractivity contribution in [3.63, 3.8) is 0 Å². The van der Waals surface area contributed by atoms with Gasteiger partial charge in [-0.15, -0.1) is 0 Å². The normalized spacial score (nSPS) is 19.2. The lowest BCUT2D eigenvalue weighted by molar-refractivity contribution is -0.143. The maximum Gasteiger partial charge on any atom is 0.401 e. The van der Waals surface area contributed by atoms with Crippen LogP contribution in [0.1, 0.15) is 12.0 Å². The smallest absolute Gasteiger partial charge is 0.355 e. The van der Waals surface area contributed by atoms with Gasteiger partial charge >= 0.3 is 6.18 Å². The number of hydrogen-bond donors (Lipinski definition) is 2. The first-order valence-electron chi connectivity index (χ1n) is 8.84. The van der Waals surface area contributed by atoms with E-state index in [1.54, 1.807) is 7.05 Å². The van der Waals surface area contributed by atoms with Crippen LogP contribution in [-0.4, -0.2) is 74.8 Å². The van der Waals surface area contributed by atoms with Crippen LogP contribution in [0.4, 0.5) is 13.2 Å². The third-order valence-electron chi connectivity index (χ3n) is 4.32. The lowest BCUT2D eigenvalue weighted by Crippen LogP contribution is -2.46. The summed E-state index contributed by atoms with van der Waals surface area (Å²) in [6.07, 6.45) is -3.46. The van der Waals surface area contributed by atoms with Crippen molar-refractivity contribution in [2.24, 2.45) is 4.99 Å². The van der Waals surface area contributed by atoms with Crippen LogP contribution in [-0.2, 0) is 6.54 Å². The summed E-state index contributed by atoms with van der Waals surface area (Å²) in [5.74, 6) is 0.636. The number of hydrogen-bond acceptors (Lipinski definition) is 3. The molecular weight excluding hydrogens is 343 g/mol. The number of alkyl halides is 3. The maximum atomic E-state index is 12.5. The predicted molar refractivity (Wildman–Crippen MR) is 98.2 cm³/mol. The van der Waals surface area contributed by atoms with Gasteiger partial charge in [-0.3, -0.25) is 9.89 Å². The number of aliphatic imine (C=N–C) groups is 1. The molecule has 1 aliphatic rings. The zero-order chi connectivity index (χ0) is 19.0. The summed E-state index contributed by atoms with van der Waals surface area (Å²) in [5, 5.41) is 6.45. The molecular formula is C18H28F3N5. The second-order valence-corrected chi connectivity index (χ2v) is 6.70. The van der Waals surface area contributed by atoms with Crippen LogP contribution < -0.4 is 10.6 Å². The van der Waals surface area contributed by atoms with E-state index in [2.05, 4.69) is 39.7 Å². The zero-order valence-electron chi connectivity index (χ0n) is 15.4. The van der Waals surface area contributed by atoms with E-state index in [4.69, 9.17) is 0 Å². The highest BCUT2D eigenvalue weighted by Crippen LogP contribution is 2.19. The van der Waals surface area contributed by atoms with Gasteiger partial charge in [0.2, 0.25) is 0 Å². The molecule has 2 rings (SSSR count). The molecule has 5 nitrogen and oxygen atoms in total. The van der Waals surface area contributed by atoms with Crippen LogP contribution in [0, 0.1) is 0 Å². The average Bonchev–Trinajstić information content (AvgIpc) is 2.99. The van der Waals surface area contributed by atoms with Crippen molar-refractivity contribution in [2.75, 3.05) is 46.8 Å². The molecule has 0 aromatic heterocycles. The van der Waals surface area contributed by atoms with Gasteiger partial charge in [0.1, 0.15) is 0 Å². The Morgan fingerprint density at radius 1 is 1.31 bits per heavy atom. The summed E-state index contributed by atoms with van der Waals surface area (Å²) < 4.78 is 37.4. The molecule has 0 radical (unpaired) electrons. The molecule has 0 saturated carbocycles. The monoisotopic (exact) mass is 371 g/mol. The first-order valence-corrected chi connectivity index (χ1v) is 8.84. The van der Waals surface area contributed by atoms with E-state index >= 15 is 0 Å². The van der Waals surface area contributed by atoms with Crippen molar-refractivity contribution >= 4 is 5.96 Å². The van der Waals surface area contributed by atoms with E-state index in [0.717, 1.165) is 13.1 Å². The topological polar surface area (TPSA) is 42.9 Å². The van der Waals surface area contributed by atoms with Crippen LogP contribution in [0.5, 0.6) is 0 Å². The number of rotatable bonds is 7. The van der Waals surface area contributed by atoms with E-state index in [-0.39, 0.29) is 6.04 Å². The van der Waals surface area contributed by atoms with Gasteiger partial charge in [-0.1, -0.05) is 30.3 Å². The van der Waals surface area contributed by atoms with E-state index < -0.39 is 12.7 Å². The maximum absolute atomic E-state index is 12.5. The number of halogens is 3. The highest BCUT2D eigenvalue weighted by molar-refractivity contribution is 5.80. The van der Waals surface area contributed by atoms with Crippen LogP contribution >= 0.6 is 0 Å². The van der Waals surface area contributed by atoms with Crippen molar-refractivity contribution in [2.45, 2.75) is 25.2 Å². The Hall–Kier alpha value is -1.80. The van der Waals surface area contributed by atoms with Crippen molar-refractivity contribution in [1.82, 2.24) is 20.4 Å². The fourth-order valence-corrected chi connectivity index (χ4v) is 3.07. The molecule has 0 amide bonds. The van der Waals surface area contributed by atoms with Gasteiger partial charge in [0.15, 0.2) is 5.96 Å². The Balaban J connectivity index is 1.67. The minimum absolute atomic E-state index is 0.00871. The number of nitrogens with one attached hydrogen (secondary N) is 2. The first kappa shape index (κ1) is 20.5. The molecule has 1 atom stereocenters. The molecule has 1 heterocycles. The number of likely N-dealkylation sites (N-methyl/N-ethyl adjacent to an activating group) is 1. The highest BCUT2D eigenvalue weighted by atomic mass is 19.4. The number of benzene rings is 1. The second-order valence-electron chi connectivity index (χ2n) is 6.70. The van der Waals surface area contributed by atoms with Gasteiger partial charge in [-0.2, -0.15) is 13.2 Å². The van der Waals surface area contributed by atoms with Crippen molar-refractivity contribution in [1.29, 1.82) is 0 Å². The average molecular weight is 371 g/mol. The van der Waals surface area contributed by atoms with E-state index in [1.165, 1.54) is 10.5 Å². The molecule has 1 aliphatic heterocycles. The molecule has 1 fully saturated rings. The molecule has 0 bridgehead atoms. The molecule has 1 aromatic carbocycles. The molecule has 26 heavy (non-hydrogen) atoms. The largest absolute Gasteiger partial charge is 0.401 e. The summed E-state index contributed by atoms with van der Waals surface area (Å²) in [4.78, 5) is 7.80. The Kier molecular flexibility index (Phi) is 7.71. The van der Waals surface area contributed by atoms with E-state index in [9.17, 15) is 13.2 Å². The number of likely N-dealkylation sites (tertiary alicyclic amines) is 1. The molecule has 0 spiro atoms. The first-order chi connectivity index (χ1) is 12.4. The predicted octanol–water partition coefficient (Wildman–Crippen LogP) is 1.92. The Labute approximate surface area is 153 Å². The quantitative estimate of drug-likeness (QED) is 0.568. The summed E-state index contributed by atoms with van der Waals surface area (Å²) in [5.41, 5.74) is 1.26. The van der Waals surface area contributed by atoms with Crippen LogP contribution in [0.3, 0.4) is 0 Å². The van der Waals surface area contributed by atoms with Gasteiger partial charge in [0.25, 0.3) is 0 Å². The Bertz CT molecular complexity index is 562. The Morgan fingerprint density at radius 2 is 2.04 bits per heavy atom. The van der Waals surface area contributed by atoms with Gasteiger partial charge in [0, 0.05) is 45.8 Å². The lowest BCUT2D eigenvalue weighted by Gasteiger charge is -2.21. The standard InChI is InChI=1S/C18H28F3N5/c1-22-17(24-16-8-10-26(13-16)14-18(19,20)21)23-9-11-25(2)12-15-6-4-3-5-7-15/h3-7,16H,8-14H2,1-2H3,(H2,22,23,24). The lowest BCUT2D eigenvalue weighted by atomic mass is 10.2. The van der Waals surface area contributed by atoms with Gasteiger partial charge < -0.3 is 15.5 Å². The molecule has 1 saturated heterocycles. The molecule has 8 heteroatoms. The van der Waals surface area contributed by atoms with Crippen molar-refractivity contribution < 1.29 is 13.2 Å². The number of guanidine groups is 1. The molecule has 1 aromatic rings. The minimum Gasteiger partial charge on any atom is -0.355 e. The molecule has 146 valence electrons. The third-order valence-corrected chi connectivity index (χ3v) is 4.32. The SMILES string of the molecule is CN=C(NCCN(C)Cc1ccccc1)NC1CCN(CC(F)(F)F)C1. The second kappa shape index (κ2) is 9.78. The fraction of sp³-hybridized carbons (Fsp3) is 0.611. The summed E-state index contributed by atoms with van der Waals surface area (Å²) >= 11 is 0. The van der Waals surface area contributed by atoms with Gasteiger partial charge in [-0.25, -0.2) is 0 Å². The van der Waals surface area contributed by atoms with Gasteiger partial charge in [0.05, 0.1) is 6.54 Å². The fourth-order valence-electron chi connectivity index (χ4n) is 3.07. The summed E-state index contributed by atoms with van der Waals surface area (Å²) in [6, 6.07) is 10.2. The molecule has 1 unspecified atom stereocenters. The highest BCUT2D eigenvalue weighted by Gasteiger charge is 2.34. The van der Waals surface area contributed by atoms with Crippen molar-refractivity contribution in [3.05, 3.63) is 35.9 Å². The zero-order valence-corrected chi connectivity index (χ0v) is 15.4. The van der Waals surface area contributed by atoms with Crippen LogP contribution in [0.25, 0.3) is 0 Å². The minimum atomic E-state index is -4.14. The number of nitrogens with zero attached hydrogens (tertiary/aromatic N) is 3. The summed E-state index contributed by atoms with van der Waals surface area (Å²) in [7, 11) is 3.72.